The van der Waals surface area contributed by atoms with Crippen LogP contribution >= 0.6 is 0 Å². The first kappa shape index (κ1) is 14.6. The lowest BCUT2D eigenvalue weighted by Crippen LogP contribution is -2.44. The monoisotopic (exact) mass is 289 g/mol. The molecule has 1 heterocycles. The number of benzene rings is 1. The van der Waals surface area contributed by atoms with Crippen LogP contribution in [0.4, 0.5) is 5.69 Å². The van der Waals surface area contributed by atoms with Gasteiger partial charge in [0.1, 0.15) is 6.04 Å². The molecule has 0 aliphatic carbocycles. The number of nitrogens with one attached hydrogen (secondary N) is 3. The highest BCUT2D eigenvalue weighted by Crippen LogP contribution is 2.21. The summed E-state index contributed by atoms with van der Waals surface area (Å²) in [7, 11) is 1.21. The van der Waals surface area contributed by atoms with Gasteiger partial charge in [0.2, 0.25) is 0 Å². The van der Waals surface area contributed by atoms with Crippen LogP contribution in [0.3, 0.4) is 0 Å². The van der Waals surface area contributed by atoms with Crippen LogP contribution in [-0.2, 0) is 19.1 Å². The summed E-state index contributed by atoms with van der Waals surface area (Å²) >= 11 is 0. The molecule has 0 fully saturated rings. The van der Waals surface area contributed by atoms with E-state index < -0.39 is 23.8 Å². The second kappa shape index (κ2) is 6.08. The van der Waals surface area contributed by atoms with Crippen molar-refractivity contribution in [2.24, 2.45) is 0 Å². The first-order chi connectivity index (χ1) is 10.0. The Morgan fingerprint density at radius 3 is 2.67 bits per heavy atom. The van der Waals surface area contributed by atoms with Crippen LogP contribution in [0.2, 0.25) is 0 Å². The maximum Gasteiger partial charge on any atom is 0.328 e. The fourth-order valence-corrected chi connectivity index (χ4v) is 1.87. The number of anilines is 1. The Morgan fingerprint density at radius 1 is 1.19 bits per heavy atom. The lowest BCUT2D eigenvalue weighted by Gasteiger charge is -2.11. The molecule has 0 bridgehead atoms. The second-order valence-electron chi connectivity index (χ2n) is 4.42. The number of H-pyrrole nitrogens is 1. The number of amides is 2. The summed E-state index contributed by atoms with van der Waals surface area (Å²) in [5.74, 6) is -2.37. The molecule has 7 heteroatoms. The molecule has 0 saturated heterocycles. The smallest absolute Gasteiger partial charge is 0.328 e. The molecule has 2 amide bonds. The molecular weight excluding hydrogens is 274 g/mol. The molecule has 1 aromatic carbocycles. The Balaban J connectivity index is 2.06. The predicted octanol–water partition coefficient (Wildman–Crippen LogP) is 0.784. The Bertz CT molecular complexity index is 692. The summed E-state index contributed by atoms with van der Waals surface area (Å²) < 4.78 is 4.47. The molecular formula is C14H15N3O4. The van der Waals surface area contributed by atoms with Gasteiger partial charge in [0.15, 0.2) is 0 Å². The number of hydrogen-bond donors (Lipinski definition) is 3. The van der Waals surface area contributed by atoms with E-state index in [0.717, 1.165) is 10.9 Å². The predicted molar refractivity (Wildman–Crippen MR) is 76.5 cm³/mol. The number of ether oxygens (including phenoxy) is 1. The molecule has 1 atom stereocenters. The first-order valence-electron chi connectivity index (χ1n) is 6.28. The van der Waals surface area contributed by atoms with Crippen LogP contribution in [0.5, 0.6) is 0 Å². The van der Waals surface area contributed by atoms with Crippen molar-refractivity contribution in [2.75, 3.05) is 12.4 Å². The molecule has 3 N–H and O–H groups in total. The number of methoxy groups -OCH3 is 1. The molecule has 1 aromatic heterocycles. The number of esters is 1. The minimum Gasteiger partial charge on any atom is -0.467 e. The van der Waals surface area contributed by atoms with E-state index in [1.54, 1.807) is 24.4 Å². The van der Waals surface area contributed by atoms with E-state index >= 15 is 0 Å². The molecule has 1 unspecified atom stereocenters. The summed E-state index contributed by atoms with van der Waals surface area (Å²) in [4.78, 5) is 37.8. The summed E-state index contributed by atoms with van der Waals surface area (Å²) in [6.45, 7) is 1.43. The van der Waals surface area contributed by atoms with E-state index in [4.69, 9.17) is 0 Å². The molecule has 0 aliphatic heterocycles. The van der Waals surface area contributed by atoms with Gasteiger partial charge >= 0.3 is 17.8 Å². The van der Waals surface area contributed by atoms with Crippen molar-refractivity contribution in [1.29, 1.82) is 0 Å². The van der Waals surface area contributed by atoms with E-state index in [2.05, 4.69) is 20.4 Å². The molecule has 0 aliphatic rings. The van der Waals surface area contributed by atoms with Crippen LogP contribution in [0.15, 0.2) is 30.5 Å². The minimum absolute atomic E-state index is 0.514. The maximum absolute atomic E-state index is 11.8. The summed E-state index contributed by atoms with van der Waals surface area (Å²) in [5, 5.41) is 5.56. The molecule has 2 rings (SSSR count). The van der Waals surface area contributed by atoms with Gasteiger partial charge in [-0.05, 0) is 25.1 Å². The van der Waals surface area contributed by atoms with Gasteiger partial charge in [-0.15, -0.1) is 0 Å². The average Bonchev–Trinajstić information content (AvgIpc) is 2.95. The highest BCUT2D eigenvalue weighted by molar-refractivity contribution is 6.40. The van der Waals surface area contributed by atoms with Crippen LogP contribution < -0.4 is 10.6 Å². The van der Waals surface area contributed by atoms with E-state index in [-0.39, 0.29) is 0 Å². The number of carbonyl (C=O) groups excluding carboxylic acids is 3. The molecule has 0 saturated carbocycles. The number of aromatic amines is 1. The highest BCUT2D eigenvalue weighted by atomic mass is 16.5. The second-order valence-corrected chi connectivity index (χ2v) is 4.42. The zero-order valence-electron chi connectivity index (χ0n) is 11.6. The van der Waals surface area contributed by atoms with Crippen LogP contribution in [0, 0.1) is 0 Å². The summed E-state index contributed by atoms with van der Waals surface area (Å²) in [6, 6.07) is 6.19. The standard InChI is InChI=1S/C14H15N3O4/c1-8(14(20)21-2)16-12(18)13(19)17-11-5-3-4-10-9(11)6-7-15-10/h3-8,15H,1-2H3,(H,16,18)(H,17,19). The Hall–Kier alpha value is -2.83. The van der Waals surface area contributed by atoms with E-state index in [9.17, 15) is 14.4 Å². The fraction of sp³-hybridized carbons (Fsp3) is 0.214. The van der Waals surface area contributed by atoms with Crippen LogP contribution in [0.1, 0.15) is 6.92 Å². The SMILES string of the molecule is COC(=O)C(C)NC(=O)C(=O)Nc1cccc2[nH]ccc12. The van der Waals surface area contributed by atoms with Gasteiger partial charge in [0, 0.05) is 17.1 Å². The van der Waals surface area contributed by atoms with Gasteiger partial charge in [-0.25, -0.2) is 4.79 Å². The van der Waals surface area contributed by atoms with Crippen LogP contribution in [-0.4, -0.2) is 35.9 Å². The van der Waals surface area contributed by atoms with Crippen LogP contribution in [0.25, 0.3) is 10.9 Å². The van der Waals surface area contributed by atoms with Crippen molar-refractivity contribution in [3.63, 3.8) is 0 Å². The Kier molecular flexibility index (Phi) is 4.22. The highest BCUT2D eigenvalue weighted by Gasteiger charge is 2.21. The number of hydrogen-bond acceptors (Lipinski definition) is 4. The average molecular weight is 289 g/mol. The van der Waals surface area contributed by atoms with Gasteiger partial charge in [0.25, 0.3) is 0 Å². The normalized spacial score (nSPS) is 11.7. The molecule has 21 heavy (non-hydrogen) atoms. The Morgan fingerprint density at radius 2 is 1.95 bits per heavy atom. The lowest BCUT2D eigenvalue weighted by atomic mass is 10.2. The number of fused-ring (bicyclic) bond motifs is 1. The third kappa shape index (κ3) is 3.19. The maximum atomic E-state index is 11.8. The van der Waals surface area contributed by atoms with E-state index in [1.165, 1.54) is 14.0 Å². The molecule has 7 nitrogen and oxygen atoms in total. The van der Waals surface area contributed by atoms with Crippen molar-refractivity contribution in [2.45, 2.75) is 13.0 Å². The summed E-state index contributed by atoms with van der Waals surface area (Å²) in [5.41, 5.74) is 1.36. The molecule has 0 radical (unpaired) electrons. The number of aromatic nitrogens is 1. The number of carbonyl (C=O) groups is 3. The van der Waals surface area contributed by atoms with Gasteiger partial charge in [0.05, 0.1) is 12.8 Å². The van der Waals surface area contributed by atoms with Gasteiger partial charge < -0.3 is 20.4 Å². The number of rotatable bonds is 3. The Labute approximate surface area is 120 Å². The zero-order valence-corrected chi connectivity index (χ0v) is 11.6. The summed E-state index contributed by atoms with van der Waals surface area (Å²) in [6.07, 6.45) is 1.74. The van der Waals surface area contributed by atoms with E-state index in [1.807, 2.05) is 6.07 Å². The van der Waals surface area contributed by atoms with E-state index in [0.29, 0.717) is 5.69 Å². The third-order valence-corrected chi connectivity index (χ3v) is 2.95. The van der Waals surface area contributed by atoms with Crippen molar-refractivity contribution in [3.8, 4) is 0 Å². The van der Waals surface area contributed by atoms with Crippen molar-refractivity contribution < 1.29 is 19.1 Å². The zero-order chi connectivity index (χ0) is 15.4. The first-order valence-corrected chi connectivity index (χ1v) is 6.28. The third-order valence-electron chi connectivity index (χ3n) is 2.95. The quantitative estimate of drug-likeness (QED) is 0.574. The fourth-order valence-electron chi connectivity index (χ4n) is 1.87. The minimum atomic E-state index is -0.902. The molecule has 0 spiro atoms. The van der Waals surface area contributed by atoms with Crippen molar-refractivity contribution in [1.82, 2.24) is 10.3 Å². The largest absolute Gasteiger partial charge is 0.467 e. The van der Waals surface area contributed by atoms with Gasteiger partial charge in [-0.3, -0.25) is 9.59 Å². The van der Waals surface area contributed by atoms with Crippen molar-refractivity contribution >= 4 is 34.4 Å². The van der Waals surface area contributed by atoms with Gasteiger partial charge in [-0.1, -0.05) is 6.07 Å². The lowest BCUT2D eigenvalue weighted by molar-refractivity contribution is -0.145. The molecule has 2 aromatic rings. The molecule has 110 valence electrons. The van der Waals surface area contributed by atoms with Gasteiger partial charge in [-0.2, -0.15) is 0 Å². The topological polar surface area (TPSA) is 100 Å². The van der Waals surface area contributed by atoms with Crippen molar-refractivity contribution in [3.05, 3.63) is 30.5 Å².